The van der Waals surface area contributed by atoms with Crippen molar-refractivity contribution in [2.24, 2.45) is 5.92 Å². The van der Waals surface area contributed by atoms with Crippen LogP contribution in [0.2, 0.25) is 0 Å². The monoisotopic (exact) mass is 294 g/mol. The van der Waals surface area contributed by atoms with Crippen LogP contribution in [0.15, 0.2) is 48.5 Å². The van der Waals surface area contributed by atoms with Crippen LogP contribution in [0.1, 0.15) is 11.1 Å². The number of nitriles is 1. The molecule has 0 aliphatic rings. The van der Waals surface area contributed by atoms with Gasteiger partial charge in [0.2, 0.25) is 5.91 Å². The lowest BCUT2D eigenvalue weighted by molar-refractivity contribution is -0.118. The van der Waals surface area contributed by atoms with Gasteiger partial charge in [-0.25, -0.2) is 0 Å². The van der Waals surface area contributed by atoms with Crippen LogP contribution in [0.3, 0.4) is 0 Å². The Balaban J connectivity index is 2.09. The molecule has 1 amide bonds. The lowest BCUT2D eigenvalue weighted by Gasteiger charge is -2.13. The molecule has 1 atom stereocenters. The lowest BCUT2D eigenvalue weighted by atomic mass is 9.99. The number of nitrogens with one attached hydrogen (secondary N) is 1. The number of carbonyl (C=O) groups is 1. The number of ether oxygens (including phenoxy) is 1. The van der Waals surface area contributed by atoms with E-state index in [1.165, 1.54) is 0 Å². The van der Waals surface area contributed by atoms with Crippen molar-refractivity contribution in [2.45, 2.75) is 13.3 Å². The van der Waals surface area contributed by atoms with Crippen LogP contribution in [0.25, 0.3) is 0 Å². The van der Waals surface area contributed by atoms with Crippen molar-refractivity contribution < 1.29 is 9.53 Å². The molecule has 0 bridgehead atoms. The fourth-order valence-corrected chi connectivity index (χ4v) is 2.12. The zero-order valence-electron chi connectivity index (χ0n) is 12.7. The van der Waals surface area contributed by atoms with E-state index in [1.54, 1.807) is 25.3 Å². The van der Waals surface area contributed by atoms with E-state index < -0.39 is 5.92 Å². The Kier molecular flexibility index (Phi) is 5.16. The summed E-state index contributed by atoms with van der Waals surface area (Å²) in [4.78, 5) is 12.3. The SMILES string of the molecule is COc1ccccc1NC(=O)[C@H](C#N)Cc1ccc(C)cc1. The molecule has 2 aromatic rings. The van der Waals surface area contributed by atoms with Crippen molar-refractivity contribution in [3.8, 4) is 11.8 Å². The maximum Gasteiger partial charge on any atom is 0.242 e. The standard InChI is InChI=1S/C18H18N2O2/c1-13-7-9-14(10-8-13)11-15(12-19)18(21)20-16-5-3-4-6-17(16)22-2/h3-10,15H,11H2,1-2H3,(H,20,21)/t15-/m0/s1. The van der Waals surface area contributed by atoms with Crippen molar-refractivity contribution in [1.29, 1.82) is 5.26 Å². The van der Waals surface area contributed by atoms with Crippen LogP contribution in [0, 0.1) is 24.2 Å². The molecule has 0 spiro atoms. The zero-order valence-corrected chi connectivity index (χ0v) is 12.7. The number of amides is 1. The Morgan fingerprint density at radius 2 is 1.91 bits per heavy atom. The molecule has 2 rings (SSSR count). The quantitative estimate of drug-likeness (QED) is 0.920. The Morgan fingerprint density at radius 1 is 1.23 bits per heavy atom. The van der Waals surface area contributed by atoms with Gasteiger partial charge >= 0.3 is 0 Å². The molecular formula is C18H18N2O2. The van der Waals surface area contributed by atoms with Crippen LogP contribution < -0.4 is 10.1 Å². The number of anilines is 1. The minimum atomic E-state index is -0.743. The summed E-state index contributed by atoms with van der Waals surface area (Å²) in [5, 5.41) is 12.0. The number of nitrogens with zero attached hydrogens (tertiary/aromatic N) is 1. The molecule has 0 aromatic heterocycles. The Labute approximate surface area is 130 Å². The number of hydrogen-bond acceptors (Lipinski definition) is 3. The number of rotatable bonds is 5. The van der Waals surface area contributed by atoms with E-state index in [1.807, 2.05) is 37.3 Å². The van der Waals surface area contributed by atoms with Crippen LogP contribution in [-0.2, 0) is 11.2 Å². The summed E-state index contributed by atoms with van der Waals surface area (Å²) >= 11 is 0. The van der Waals surface area contributed by atoms with Crippen molar-refractivity contribution in [3.63, 3.8) is 0 Å². The summed E-state index contributed by atoms with van der Waals surface area (Å²) in [5.74, 6) is -0.497. The highest BCUT2D eigenvalue weighted by Crippen LogP contribution is 2.24. The predicted molar refractivity (Wildman–Crippen MR) is 85.6 cm³/mol. The molecule has 4 heteroatoms. The summed E-state index contributed by atoms with van der Waals surface area (Å²) in [7, 11) is 1.54. The molecule has 0 saturated heterocycles. The van der Waals surface area contributed by atoms with Crippen LogP contribution in [0.4, 0.5) is 5.69 Å². The molecule has 0 heterocycles. The van der Waals surface area contributed by atoms with Gasteiger partial charge in [-0.05, 0) is 31.0 Å². The third kappa shape index (κ3) is 3.86. The van der Waals surface area contributed by atoms with Crippen LogP contribution in [0.5, 0.6) is 5.75 Å². The Morgan fingerprint density at radius 3 is 2.55 bits per heavy atom. The van der Waals surface area contributed by atoms with E-state index in [-0.39, 0.29) is 5.91 Å². The first-order valence-corrected chi connectivity index (χ1v) is 7.03. The van der Waals surface area contributed by atoms with Crippen molar-refractivity contribution in [2.75, 3.05) is 12.4 Å². The highest BCUT2D eigenvalue weighted by Gasteiger charge is 2.19. The first-order chi connectivity index (χ1) is 10.6. The lowest BCUT2D eigenvalue weighted by Crippen LogP contribution is -2.23. The Bertz CT molecular complexity index is 687. The van der Waals surface area contributed by atoms with Gasteiger partial charge in [0.25, 0.3) is 0 Å². The average Bonchev–Trinajstić information content (AvgIpc) is 2.54. The summed E-state index contributed by atoms with van der Waals surface area (Å²) in [5.41, 5.74) is 2.68. The van der Waals surface area contributed by atoms with Gasteiger partial charge in [-0.3, -0.25) is 4.79 Å². The minimum absolute atomic E-state index is 0.326. The molecule has 2 aromatic carbocycles. The van der Waals surface area contributed by atoms with Crippen LogP contribution in [-0.4, -0.2) is 13.0 Å². The normalized spacial score (nSPS) is 11.3. The van der Waals surface area contributed by atoms with Crippen molar-refractivity contribution in [3.05, 3.63) is 59.7 Å². The Hall–Kier alpha value is -2.80. The largest absolute Gasteiger partial charge is 0.495 e. The van der Waals surface area contributed by atoms with Gasteiger partial charge in [-0.15, -0.1) is 0 Å². The fraction of sp³-hybridized carbons (Fsp3) is 0.222. The second-order valence-corrected chi connectivity index (χ2v) is 5.06. The summed E-state index contributed by atoms with van der Waals surface area (Å²) in [6.07, 6.45) is 0.387. The number of methoxy groups -OCH3 is 1. The van der Waals surface area contributed by atoms with E-state index >= 15 is 0 Å². The molecular weight excluding hydrogens is 276 g/mol. The second kappa shape index (κ2) is 7.28. The van der Waals surface area contributed by atoms with Gasteiger partial charge in [0.15, 0.2) is 0 Å². The van der Waals surface area contributed by atoms with Crippen molar-refractivity contribution in [1.82, 2.24) is 0 Å². The first kappa shape index (κ1) is 15.6. The molecule has 0 aliphatic heterocycles. The number of hydrogen-bond donors (Lipinski definition) is 1. The molecule has 1 N–H and O–H groups in total. The number of para-hydroxylation sites is 2. The van der Waals surface area contributed by atoms with Gasteiger partial charge < -0.3 is 10.1 Å². The molecule has 0 saturated carbocycles. The highest BCUT2D eigenvalue weighted by atomic mass is 16.5. The zero-order chi connectivity index (χ0) is 15.9. The number of benzene rings is 2. The maximum atomic E-state index is 12.3. The molecule has 4 nitrogen and oxygen atoms in total. The molecule has 0 radical (unpaired) electrons. The maximum absolute atomic E-state index is 12.3. The molecule has 22 heavy (non-hydrogen) atoms. The smallest absolute Gasteiger partial charge is 0.242 e. The number of carbonyl (C=O) groups excluding carboxylic acids is 1. The third-order valence-corrected chi connectivity index (χ3v) is 3.40. The van der Waals surface area contributed by atoms with Gasteiger partial charge in [0.1, 0.15) is 11.7 Å². The summed E-state index contributed by atoms with van der Waals surface area (Å²) < 4.78 is 5.19. The van der Waals surface area contributed by atoms with Crippen LogP contribution >= 0.6 is 0 Å². The highest BCUT2D eigenvalue weighted by molar-refractivity contribution is 5.95. The third-order valence-electron chi connectivity index (χ3n) is 3.40. The molecule has 0 fully saturated rings. The second-order valence-electron chi connectivity index (χ2n) is 5.06. The number of aryl methyl sites for hydroxylation is 1. The van der Waals surface area contributed by atoms with E-state index in [2.05, 4.69) is 11.4 Å². The minimum Gasteiger partial charge on any atom is -0.495 e. The van der Waals surface area contributed by atoms with Gasteiger partial charge in [0, 0.05) is 0 Å². The van der Waals surface area contributed by atoms with E-state index in [9.17, 15) is 10.1 Å². The predicted octanol–water partition coefficient (Wildman–Crippen LogP) is 3.32. The molecule has 0 unspecified atom stereocenters. The summed E-state index contributed by atoms with van der Waals surface area (Å²) in [6.45, 7) is 2.00. The van der Waals surface area contributed by atoms with E-state index in [0.29, 0.717) is 17.9 Å². The molecule has 112 valence electrons. The average molecular weight is 294 g/mol. The van der Waals surface area contributed by atoms with Gasteiger partial charge in [-0.1, -0.05) is 42.0 Å². The topological polar surface area (TPSA) is 62.1 Å². The van der Waals surface area contributed by atoms with Gasteiger partial charge in [-0.2, -0.15) is 5.26 Å². The van der Waals surface area contributed by atoms with Crippen molar-refractivity contribution >= 4 is 11.6 Å². The summed E-state index contributed by atoms with van der Waals surface area (Å²) in [6, 6.07) is 17.0. The first-order valence-electron chi connectivity index (χ1n) is 7.03. The van der Waals surface area contributed by atoms with Gasteiger partial charge in [0.05, 0.1) is 18.9 Å². The fourth-order valence-electron chi connectivity index (χ4n) is 2.12. The van der Waals surface area contributed by atoms with E-state index in [0.717, 1.165) is 11.1 Å². The van der Waals surface area contributed by atoms with E-state index in [4.69, 9.17) is 4.74 Å². The molecule has 0 aliphatic carbocycles.